The van der Waals surface area contributed by atoms with E-state index in [0.717, 1.165) is 44.6 Å². The molecule has 3 aliphatic heterocycles. The summed E-state index contributed by atoms with van der Waals surface area (Å²) in [6, 6.07) is 3.34. The van der Waals surface area contributed by atoms with Gasteiger partial charge in [0.15, 0.2) is 11.5 Å². The van der Waals surface area contributed by atoms with Crippen LogP contribution in [0.3, 0.4) is 0 Å². The van der Waals surface area contributed by atoms with Gasteiger partial charge < -0.3 is 19.5 Å². The highest BCUT2D eigenvalue weighted by atomic mass is 35.5. The summed E-state index contributed by atoms with van der Waals surface area (Å²) in [6.45, 7) is 5.11. The summed E-state index contributed by atoms with van der Waals surface area (Å²) in [7, 11) is 0. The Kier molecular flexibility index (Phi) is 7.93. The Morgan fingerprint density at radius 1 is 1.11 bits per heavy atom. The van der Waals surface area contributed by atoms with Crippen molar-refractivity contribution in [2.24, 2.45) is 5.92 Å². The molecule has 0 saturated carbocycles. The molecule has 10 heteroatoms. The molecule has 2 fully saturated rings. The van der Waals surface area contributed by atoms with Crippen LogP contribution in [0.1, 0.15) is 24.4 Å². The normalized spacial score (nSPS) is 21.0. The summed E-state index contributed by atoms with van der Waals surface area (Å²) in [6.07, 6.45) is 1.83. The minimum absolute atomic E-state index is 0. The maximum atomic E-state index is 11.7. The number of nitro benzene ring substituents is 1. The zero-order valence-corrected chi connectivity index (χ0v) is 16.6. The molecule has 0 unspecified atom stereocenters. The van der Waals surface area contributed by atoms with E-state index in [-0.39, 0.29) is 48.3 Å². The second kappa shape index (κ2) is 9.75. The zero-order valence-electron chi connectivity index (χ0n) is 14.9. The number of rotatable bonds is 4. The van der Waals surface area contributed by atoms with Gasteiger partial charge in [-0.25, -0.2) is 0 Å². The third kappa shape index (κ3) is 4.57. The van der Waals surface area contributed by atoms with Crippen LogP contribution in [0, 0.1) is 16.0 Å². The number of hydrogen-bond acceptors (Lipinski definition) is 7. The number of nitrogens with zero attached hydrogens (tertiary/aromatic N) is 2. The second-order valence-electron chi connectivity index (χ2n) is 6.70. The summed E-state index contributed by atoms with van der Waals surface area (Å²) in [4.78, 5) is 13.8. The van der Waals surface area contributed by atoms with E-state index in [2.05, 4.69) is 10.2 Å². The number of nitro groups is 1. The van der Waals surface area contributed by atoms with E-state index >= 15 is 0 Å². The van der Waals surface area contributed by atoms with Crippen molar-refractivity contribution in [3.63, 3.8) is 0 Å². The van der Waals surface area contributed by atoms with E-state index in [1.807, 2.05) is 6.07 Å². The van der Waals surface area contributed by atoms with Crippen molar-refractivity contribution in [2.45, 2.75) is 18.9 Å². The van der Waals surface area contributed by atoms with Crippen molar-refractivity contribution >= 4 is 30.5 Å². The van der Waals surface area contributed by atoms with Gasteiger partial charge >= 0.3 is 0 Å². The van der Waals surface area contributed by atoms with Crippen molar-refractivity contribution in [3.8, 4) is 11.5 Å². The smallest absolute Gasteiger partial charge is 0.278 e. The Morgan fingerprint density at radius 3 is 2.37 bits per heavy atom. The number of fused-ring (bicyclic) bond motifs is 1. The number of nitrogens with one attached hydrogen (secondary N) is 1. The molecule has 1 N–H and O–H groups in total. The maximum Gasteiger partial charge on any atom is 0.278 e. The SMILES string of the molecule is Cl.Cl.O=[N+]([O-])c1cc2c(cc1[C@H](C1CCOCC1)N1CCNCC1)OCO2. The van der Waals surface area contributed by atoms with E-state index < -0.39 is 0 Å². The van der Waals surface area contributed by atoms with Crippen LogP contribution in [-0.2, 0) is 4.74 Å². The lowest BCUT2D eigenvalue weighted by molar-refractivity contribution is -0.386. The van der Waals surface area contributed by atoms with Gasteiger partial charge in [0.25, 0.3) is 5.69 Å². The van der Waals surface area contributed by atoms with Gasteiger partial charge in [-0.15, -0.1) is 24.8 Å². The average Bonchev–Trinajstić information content (AvgIpc) is 3.10. The number of benzene rings is 1. The third-order valence-electron chi connectivity index (χ3n) is 5.29. The molecular weight excluding hydrogens is 397 g/mol. The molecule has 0 radical (unpaired) electrons. The molecule has 0 spiro atoms. The monoisotopic (exact) mass is 421 g/mol. The zero-order chi connectivity index (χ0) is 17.2. The Bertz CT molecular complexity index is 634. The molecule has 8 nitrogen and oxygen atoms in total. The van der Waals surface area contributed by atoms with E-state index in [4.69, 9.17) is 14.2 Å². The summed E-state index contributed by atoms with van der Waals surface area (Å²) >= 11 is 0. The molecule has 3 heterocycles. The number of piperazine rings is 1. The fourth-order valence-corrected chi connectivity index (χ4v) is 4.08. The minimum atomic E-state index is -0.300. The molecule has 0 aromatic heterocycles. The van der Waals surface area contributed by atoms with Crippen LogP contribution in [-0.4, -0.2) is 56.0 Å². The highest BCUT2D eigenvalue weighted by Gasteiger charge is 2.37. The second-order valence-corrected chi connectivity index (χ2v) is 6.70. The van der Waals surface area contributed by atoms with Crippen LogP contribution in [0.2, 0.25) is 0 Å². The first-order valence-corrected chi connectivity index (χ1v) is 8.84. The first-order chi connectivity index (χ1) is 12.2. The van der Waals surface area contributed by atoms with Gasteiger partial charge in [-0.3, -0.25) is 15.0 Å². The van der Waals surface area contributed by atoms with Crippen LogP contribution in [0.25, 0.3) is 0 Å². The molecule has 0 bridgehead atoms. The van der Waals surface area contributed by atoms with Gasteiger partial charge in [0, 0.05) is 45.4 Å². The topological polar surface area (TPSA) is 86.1 Å². The molecule has 152 valence electrons. The van der Waals surface area contributed by atoms with E-state index in [9.17, 15) is 10.1 Å². The molecule has 27 heavy (non-hydrogen) atoms. The minimum Gasteiger partial charge on any atom is -0.454 e. The van der Waals surface area contributed by atoms with E-state index in [1.54, 1.807) is 0 Å². The van der Waals surface area contributed by atoms with Crippen LogP contribution in [0.15, 0.2) is 12.1 Å². The van der Waals surface area contributed by atoms with Crippen molar-refractivity contribution in [1.82, 2.24) is 10.2 Å². The summed E-state index contributed by atoms with van der Waals surface area (Å²) in [5.74, 6) is 1.40. The fourth-order valence-electron chi connectivity index (χ4n) is 4.08. The number of hydrogen-bond donors (Lipinski definition) is 1. The highest BCUT2D eigenvalue weighted by Crippen LogP contribution is 2.45. The standard InChI is InChI=1S/C17H23N3O5.2ClH/c21-20(22)14-10-16-15(24-11-25-16)9-13(14)17(12-1-7-23-8-2-12)19-5-3-18-4-6-19;;/h9-10,12,17-18H,1-8,11H2;2*1H/t17-;;/m0../s1. The first-order valence-electron chi connectivity index (χ1n) is 8.84. The predicted molar refractivity (Wildman–Crippen MR) is 104 cm³/mol. The van der Waals surface area contributed by atoms with Gasteiger partial charge in [0.1, 0.15) is 0 Å². The lowest BCUT2D eigenvalue weighted by atomic mass is 9.84. The van der Waals surface area contributed by atoms with Crippen LogP contribution < -0.4 is 14.8 Å². The number of halogens is 2. The molecule has 0 aliphatic carbocycles. The Labute approximate surface area is 170 Å². The lowest BCUT2D eigenvalue weighted by Crippen LogP contribution is -2.47. The van der Waals surface area contributed by atoms with Crippen molar-refractivity contribution in [2.75, 3.05) is 46.2 Å². The van der Waals surface area contributed by atoms with Gasteiger partial charge in [-0.1, -0.05) is 0 Å². The summed E-state index contributed by atoms with van der Waals surface area (Å²) in [5, 5.41) is 15.1. The van der Waals surface area contributed by atoms with Crippen molar-refractivity contribution < 1.29 is 19.1 Å². The lowest BCUT2D eigenvalue weighted by Gasteiger charge is -2.40. The molecule has 0 amide bonds. The Hall–Kier alpha value is -1.32. The summed E-state index contributed by atoms with van der Waals surface area (Å²) < 4.78 is 16.4. The molecule has 1 aromatic carbocycles. The molecule has 3 aliphatic rings. The quantitative estimate of drug-likeness (QED) is 0.590. The average molecular weight is 422 g/mol. The predicted octanol–water partition coefficient (Wildman–Crippen LogP) is 2.54. The van der Waals surface area contributed by atoms with Crippen LogP contribution in [0.5, 0.6) is 11.5 Å². The van der Waals surface area contributed by atoms with Gasteiger partial charge in [-0.2, -0.15) is 0 Å². The molecule has 1 aromatic rings. The first kappa shape index (κ1) is 22.0. The molecular formula is C17H25Cl2N3O5. The van der Waals surface area contributed by atoms with Crippen LogP contribution in [0.4, 0.5) is 5.69 Å². The Balaban J connectivity index is 0.00000131. The largest absolute Gasteiger partial charge is 0.454 e. The third-order valence-corrected chi connectivity index (χ3v) is 5.29. The highest BCUT2D eigenvalue weighted by molar-refractivity contribution is 5.85. The van der Waals surface area contributed by atoms with Crippen LogP contribution >= 0.6 is 24.8 Å². The fraction of sp³-hybridized carbons (Fsp3) is 0.647. The van der Waals surface area contributed by atoms with Crippen molar-refractivity contribution in [1.29, 1.82) is 0 Å². The molecule has 2 saturated heterocycles. The van der Waals surface area contributed by atoms with Gasteiger partial charge in [-0.05, 0) is 24.8 Å². The van der Waals surface area contributed by atoms with Crippen molar-refractivity contribution in [3.05, 3.63) is 27.8 Å². The summed E-state index contributed by atoms with van der Waals surface area (Å²) in [5.41, 5.74) is 0.863. The Morgan fingerprint density at radius 2 is 1.74 bits per heavy atom. The van der Waals surface area contributed by atoms with Gasteiger partial charge in [0.05, 0.1) is 16.6 Å². The number of ether oxygens (including phenoxy) is 3. The van der Waals surface area contributed by atoms with E-state index in [0.29, 0.717) is 30.6 Å². The molecule has 4 rings (SSSR count). The van der Waals surface area contributed by atoms with Gasteiger partial charge in [0.2, 0.25) is 6.79 Å². The maximum absolute atomic E-state index is 11.7. The molecule has 1 atom stereocenters. The van der Waals surface area contributed by atoms with E-state index in [1.165, 1.54) is 6.07 Å².